The van der Waals surface area contributed by atoms with Crippen molar-refractivity contribution in [2.75, 3.05) is 11.1 Å². The highest BCUT2D eigenvalue weighted by Crippen LogP contribution is 2.36. The highest BCUT2D eigenvalue weighted by atomic mass is 32.2. The molecule has 3 nitrogen and oxygen atoms in total. The Bertz CT molecular complexity index is 462. The first kappa shape index (κ1) is 12.4. The molecule has 0 aromatic heterocycles. The monoisotopic (exact) mass is 255 g/mol. The third-order valence-corrected chi connectivity index (χ3v) is 3.93. The standard InChI is InChI=1S/C12H14FNO2S/c1-6(2)5-17-10-4-9-7(3-8(10)13)11(15)12(16)14-9/h3-4,6,11,15H,5H2,1-2H3,(H,14,16). The highest BCUT2D eigenvalue weighted by molar-refractivity contribution is 7.99. The van der Waals surface area contributed by atoms with Crippen molar-refractivity contribution in [3.63, 3.8) is 0 Å². The summed E-state index contributed by atoms with van der Waals surface area (Å²) in [6.45, 7) is 4.12. The molecule has 1 aromatic carbocycles. The maximum absolute atomic E-state index is 13.7. The molecule has 1 amide bonds. The minimum absolute atomic E-state index is 0.321. The summed E-state index contributed by atoms with van der Waals surface area (Å²) in [5.74, 6) is 0.398. The number of thioether (sulfide) groups is 1. The van der Waals surface area contributed by atoms with Crippen LogP contribution in [0.4, 0.5) is 10.1 Å². The van der Waals surface area contributed by atoms with Crippen LogP contribution in [0.15, 0.2) is 17.0 Å². The molecule has 92 valence electrons. The quantitative estimate of drug-likeness (QED) is 0.816. The van der Waals surface area contributed by atoms with Gasteiger partial charge in [-0.1, -0.05) is 13.8 Å². The third kappa shape index (κ3) is 2.45. The highest BCUT2D eigenvalue weighted by Gasteiger charge is 2.29. The summed E-state index contributed by atoms with van der Waals surface area (Å²) >= 11 is 1.42. The van der Waals surface area contributed by atoms with E-state index in [1.807, 2.05) is 0 Å². The predicted octanol–water partition coefficient (Wildman–Crippen LogP) is 2.56. The van der Waals surface area contributed by atoms with Crippen LogP contribution in [0.1, 0.15) is 25.5 Å². The van der Waals surface area contributed by atoms with E-state index >= 15 is 0 Å². The van der Waals surface area contributed by atoms with Crippen LogP contribution in [0, 0.1) is 11.7 Å². The third-order valence-electron chi connectivity index (χ3n) is 2.48. The van der Waals surface area contributed by atoms with Gasteiger partial charge < -0.3 is 10.4 Å². The Balaban J connectivity index is 2.27. The molecule has 0 bridgehead atoms. The molecule has 0 saturated heterocycles. The van der Waals surface area contributed by atoms with Crippen LogP contribution in [0.25, 0.3) is 0 Å². The van der Waals surface area contributed by atoms with Gasteiger partial charge in [-0.25, -0.2) is 4.39 Å². The van der Waals surface area contributed by atoms with Crippen molar-refractivity contribution >= 4 is 23.4 Å². The molecular weight excluding hydrogens is 241 g/mol. The van der Waals surface area contributed by atoms with Crippen LogP contribution in [0.3, 0.4) is 0 Å². The van der Waals surface area contributed by atoms with E-state index in [2.05, 4.69) is 19.2 Å². The molecule has 1 aromatic rings. The SMILES string of the molecule is CC(C)CSc1cc2c(cc1F)C(O)C(=O)N2. The number of amides is 1. The molecule has 2 rings (SSSR count). The van der Waals surface area contributed by atoms with Gasteiger partial charge in [-0.15, -0.1) is 11.8 Å². The van der Waals surface area contributed by atoms with Crippen LogP contribution >= 0.6 is 11.8 Å². The lowest BCUT2D eigenvalue weighted by molar-refractivity contribution is -0.123. The predicted molar refractivity (Wildman–Crippen MR) is 65.6 cm³/mol. The van der Waals surface area contributed by atoms with E-state index in [0.717, 1.165) is 5.75 Å². The van der Waals surface area contributed by atoms with Gasteiger partial charge in [0, 0.05) is 21.9 Å². The van der Waals surface area contributed by atoms with Crippen LogP contribution < -0.4 is 5.32 Å². The van der Waals surface area contributed by atoms with Gasteiger partial charge in [-0.3, -0.25) is 4.79 Å². The molecule has 1 aliphatic rings. The van der Waals surface area contributed by atoms with Crippen molar-refractivity contribution in [3.8, 4) is 0 Å². The summed E-state index contributed by atoms with van der Waals surface area (Å²) in [7, 11) is 0. The zero-order valence-corrected chi connectivity index (χ0v) is 10.5. The number of nitrogens with one attached hydrogen (secondary N) is 1. The van der Waals surface area contributed by atoms with Gasteiger partial charge in [-0.2, -0.15) is 0 Å². The van der Waals surface area contributed by atoms with Gasteiger partial charge in [0.1, 0.15) is 5.82 Å². The van der Waals surface area contributed by atoms with E-state index in [4.69, 9.17) is 0 Å². The molecule has 2 N–H and O–H groups in total. The first-order valence-electron chi connectivity index (χ1n) is 5.44. The summed E-state index contributed by atoms with van der Waals surface area (Å²) in [5.41, 5.74) is 0.830. The number of carbonyl (C=O) groups is 1. The molecule has 0 radical (unpaired) electrons. The Morgan fingerprint density at radius 3 is 2.88 bits per heavy atom. The molecule has 0 aliphatic carbocycles. The van der Waals surface area contributed by atoms with Gasteiger partial charge >= 0.3 is 0 Å². The number of benzene rings is 1. The Hall–Kier alpha value is -1.07. The number of aliphatic hydroxyl groups excluding tert-OH is 1. The normalized spacial score (nSPS) is 18.4. The maximum Gasteiger partial charge on any atom is 0.257 e. The number of fused-ring (bicyclic) bond motifs is 1. The van der Waals surface area contributed by atoms with Gasteiger partial charge in [0.05, 0.1) is 0 Å². The molecular formula is C12H14FNO2S. The molecule has 1 aliphatic heterocycles. The van der Waals surface area contributed by atoms with Gasteiger partial charge in [0.2, 0.25) is 0 Å². The molecule has 5 heteroatoms. The van der Waals surface area contributed by atoms with Gasteiger partial charge in [0.25, 0.3) is 5.91 Å². The fourth-order valence-corrected chi connectivity index (χ4v) is 2.52. The number of carbonyl (C=O) groups excluding carboxylic acids is 1. The van der Waals surface area contributed by atoms with Gasteiger partial charge in [-0.05, 0) is 18.1 Å². The molecule has 1 unspecified atom stereocenters. The number of aliphatic hydroxyl groups is 1. The van der Waals surface area contributed by atoms with Gasteiger partial charge in [0.15, 0.2) is 6.10 Å². The minimum Gasteiger partial charge on any atom is -0.378 e. The van der Waals surface area contributed by atoms with Crippen molar-refractivity contribution in [2.24, 2.45) is 5.92 Å². The zero-order valence-electron chi connectivity index (χ0n) is 9.66. The lowest BCUT2D eigenvalue weighted by Gasteiger charge is -2.08. The average molecular weight is 255 g/mol. The van der Waals surface area contributed by atoms with Crippen molar-refractivity contribution in [1.82, 2.24) is 0 Å². The van der Waals surface area contributed by atoms with E-state index in [1.165, 1.54) is 17.8 Å². The topological polar surface area (TPSA) is 49.3 Å². The second-order valence-corrected chi connectivity index (χ2v) is 5.53. The van der Waals surface area contributed by atoms with Crippen molar-refractivity contribution in [3.05, 3.63) is 23.5 Å². The van der Waals surface area contributed by atoms with E-state index in [0.29, 0.717) is 22.1 Å². The van der Waals surface area contributed by atoms with E-state index in [1.54, 1.807) is 6.07 Å². The molecule has 0 saturated carbocycles. The Morgan fingerprint density at radius 2 is 2.24 bits per heavy atom. The van der Waals surface area contributed by atoms with E-state index in [9.17, 15) is 14.3 Å². The Morgan fingerprint density at radius 1 is 1.53 bits per heavy atom. The summed E-state index contributed by atoms with van der Waals surface area (Å²) < 4.78 is 13.7. The molecule has 1 atom stereocenters. The van der Waals surface area contributed by atoms with E-state index < -0.39 is 12.0 Å². The largest absolute Gasteiger partial charge is 0.378 e. The van der Waals surface area contributed by atoms with Crippen LogP contribution in [-0.2, 0) is 4.79 Å². The summed E-state index contributed by atoms with van der Waals surface area (Å²) in [6, 6.07) is 2.83. The Kier molecular flexibility index (Phi) is 3.40. The van der Waals surface area contributed by atoms with E-state index in [-0.39, 0.29) is 5.82 Å². The zero-order chi connectivity index (χ0) is 12.6. The lowest BCUT2D eigenvalue weighted by Crippen LogP contribution is -2.10. The Labute approximate surface area is 103 Å². The summed E-state index contributed by atoms with van der Waals surface area (Å²) in [6.07, 6.45) is -1.25. The number of anilines is 1. The van der Waals surface area contributed by atoms with Crippen molar-refractivity contribution in [2.45, 2.75) is 24.8 Å². The molecule has 1 heterocycles. The lowest BCUT2D eigenvalue weighted by atomic mass is 10.1. The molecule has 0 fully saturated rings. The first-order valence-corrected chi connectivity index (χ1v) is 6.42. The minimum atomic E-state index is -1.25. The van der Waals surface area contributed by atoms with Crippen LogP contribution in [0.5, 0.6) is 0 Å². The fourth-order valence-electron chi connectivity index (χ4n) is 1.61. The summed E-state index contributed by atoms with van der Waals surface area (Å²) in [5, 5.41) is 12.0. The molecule has 0 spiro atoms. The van der Waals surface area contributed by atoms with Crippen molar-refractivity contribution < 1.29 is 14.3 Å². The fraction of sp³-hybridized carbons (Fsp3) is 0.417. The second kappa shape index (κ2) is 4.66. The first-order chi connectivity index (χ1) is 7.99. The average Bonchev–Trinajstić information content (AvgIpc) is 2.52. The maximum atomic E-state index is 13.7. The smallest absolute Gasteiger partial charge is 0.257 e. The summed E-state index contributed by atoms with van der Waals surface area (Å²) in [4.78, 5) is 11.7. The van der Waals surface area contributed by atoms with Crippen LogP contribution in [0.2, 0.25) is 0 Å². The molecule has 17 heavy (non-hydrogen) atoms. The van der Waals surface area contributed by atoms with Crippen LogP contribution in [-0.4, -0.2) is 16.8 Å². The van der Waals surface area contributed by atoms with Crippen molar-refractivity contribution in [1.29, 1.82) is 0 Å². The number of hydrogen-bond acceptors (Lipinski definition) is 3. The number of rotatable bonds is 3. The second-order valence-electron chi connectivity index (χ2n) is 4.47. The number of hydrogen-bond donors (Lipinski definition) is 2. The number of halogens is 1.